The first-order valence-corrected chi connectivity index (χ1v) is 20.8. The highest BCUT2D eigenvalue weighted by Crippen LogP contribution is 2.44. The lowest BCUT2D eigenvalue weighted by Crippen LogP contribution is -2.50. The van der Waals surface area contributed by atoms with Crippen molar-refractivity contribution >= 4 is 73.1 Å². The fourth-order valence-corrected chi connectivity index (χ4v) is 8.37. The Balaban J connectivity index is 1.33. The molecule has 2 fully saturated rings. The molecule has 0 aliphatic carbocycles. The summed E-state index contributed by atoms with van der Waals surface area (Å²) in [5.41, 5.74) is 1.47. The lowest BCUT2D eigenvalue weighted by Gasteiger charge is -2.36. The molecule has 0 radical (unpaired) electrons. The van der Waals surface area contributed by atoms with Crippen molar-refractivity contribution in [2.45, 2.75) is 134 Å². The summed E-state index contributed by atoms with van der Waals surface area (Å²) >= 11 is 7.95. The van der Waals surface area contributed by atoms with Crippen LogP contribution >= 0.6 is 50.3 Å². The number of halogens is 2. The predicted molar refractivity (Wildman–Crippen MR) is 210 cm³/mol. The van der Waals surface area contributed by atoms with Crippen LogP contribution in [0.2, 0.25) is 0 Å². The monoisotopic (exact) mass is 850 g/mol. The van der Waals surface area contributed by atoms with Crippen molar-refractivity contribution in [3.63, 3.8) is 0 Å². The van der Waals surface area contributed by atoms with Gasteiger partial charge in [0.1, 0.15) is 23.5 Å². The second-order valence-corrected chi connectivity index (χ2v) is 16.9. The van der Waals surface area contributed by atoms with E-state index in [-0.39, 0.29) is 18.2 Å². The number of likely N-dealkylation sites (tertiary alicyclic amines) is 1. The Hall–Kier alpha value is -1.79. The summed E-state index contributed by atoms with van der Waals surface area (Å²) in [6, 6.07) is 12.7. The molecule has 0 unspecified atom stereocenters. The van der Waals surface area contributed by atoms with Gasteiger partial charge in [0.05, 0.1) is 16.6 Å². The lowest BCUT2D eigenvalue weighted by atomic mass is 10.1. The molecule has 5 rings (SSSR count). The second kappa shape index (κ2) is 17.9. The number of piperazine rings is 1. The molecule has 1 aromatic heterocycles. The van der Waals surface area contributed by atoms with Crippen LogP contribution in [0.3, 0.4) is 0 Å². The van der Waals surface area contributed by atoms with Crippen molar-refractivity contribution in [2.24, 2.45) is 0 Å². The third kappa shape index (κ3) is 9.71. The van der Waals surface area contributed by atoms with Gasteiger partial charge in [-0.2, -0.15) is 0 Å². The molecule has 48 heavy (non-hydrogen) atoms. The summed E-state index contributed by atoms with van der Waals surface area (Å²) in [5, 5.41) is 1.78. The maximum atomic E-state index is 13.2. The molecule has 2 saturated heterocycles. The number of amides is 1. The maximum Gasteiger partial charge on any atom is 0.410 e. The predicted octanol–water partition coefficient (Wildman–Crippen LogP) is 11.2. The standard InChI is InChI=1S/C38H52BrIN4O3S/c1-5-7-8-9-10-11-12-13-14-18-21-48-36-41-33-30(23-31(40)32(39)34(33)46-26-27-19-16-15-17-20-27)35(42-36)43-24-29-22-28(43)25-44(29)37(45)47-38(3,4)6-2/h15-17,19-20,23,28-29H,5-14,18,21-22,24-26H2,1-4H3/t28-,29-/m0/s1. The van der Waals surface area contributed by atoms with Gasteiger partial charge >= 0.3 is 6.09 Å². The Labute approximate surface area is 314 Å². The van der Waals surface area contributed by atoms with E-state index in [9.17, 15) is 4.79 Å². The van der Waals surface area contributed by atoms with Crippen LogP contribution < -0.4 is 9.64 Å². The number of ether oxygens (including phenoxy) is 2. The van der Waals surface area contributed by atoms with Crippen LogP contribution in [0.15, 0.2) is 46.0 Å². The molecular weight excluding hydrogens is 799 g/mol. The zero-order chi connectivity index (χ0) is 34.1. The number of benzene rings is 2. The topological polar surface area (TPSA) is 67.8 Å². The van der Waals surface area contributed by atoms with Gasteiger partial charge in [-0.25, -0.2) is 14.8 Å². The normalized spacial score (nSPS) is 17.5. The van der Waals surface area contributed by atoms with E-state index in [4.69, 9.17) is 19.4 Å². The first-order valence-electron chi connectivity index (χ1n) is 18.0. The summed E-state index contributed by atoms with van der Waals surface area (Å²) in [7, 11) is 0. The Morgan fingerprint density at radius 2 is 1.67 bits per heavy atom. The van der Waals surface area contributed by atoms with Crippen molar-refractivity contribution in [3.8, 4) is 5.75 Å². The Morgan fingerprint density at radius 1 is 0.979 bits per heavy atom. The summed E-state index contributed by atoms with van der Waals surface area (Å²) < 4.78 is 14.4. The number of rotatable bonds is 18. The molecule has 3 heterocycles. The SMILES string of the molecule is CCCCCCCCCCCCSc1nc(N2C[C@@H]3C[C@H]2CN3C(=O)OC(C)(C)CC)c2cc(I)c(Br)c(OCc3ccccc3)c2n1. The fraction of sp³-hybridized carbons (Fsp3) is 0.605. The van der Waals surface area contributed by atoms with E-state index in [2.05, 4.69) is 75.5 Å². The number of hydrogen-bond donors (Lipinski definition) is 0. The number of aromatic nitrogens is 2. The molecule has 7 nitrogen and oxygen atoms in total. The smallest absolute Gasteiger partial charge is 0.410 e. The van der Waals surface area contributed by atoms with Crippen LogP contribution in [0.5, 0.6) is 5.75 Å². The molecule has 10 heteroatoms. The number of anilines is 1. The van der Waals surface area contributed by atoms with Crippen molar-refractivity contribution in [2.75, 3.05) is 23.7 Å². The van der Waals surface area contributed by atoms with Crippen LogP contribution in [-0.4, -0.2) is 57.5 Å². The fourth-order valence-electron chi connectivity index (χ4n) is 6.56. The third-order valence-electron chi connectivity index (χ3n) is 9.72. The van der Waals surface area contributed by atoms with E-state index in [0.29, 0.717) is 13.2 Å². The summed E-state index contributed by atoms with van der Waals surface area (Å²) in [6.07, 6.45) is 14.7. The van der Waals surface area contributed by atoms with Gasteiger partial charge in [0.25, 0.3) is 0 Å². The molecule has 262 valence electrons. The van der Waals surface area contributed by atoms with Crippen molar-refractivity contribution in [1.29, 1.82) is 0 Å². The zero-order valence-electron chi connectivity index (χ0n) is 29.1. The molecule has 2 bridgehead atoms. The molecule has 2 atom stereocenters. The second-order valence-electron chi connectivity index (χ2n) is 13.9. The quantitative estimate of drug-likeness (QED) is 0.0546. The Kier molecular flexibility index (Phi) is 14.0. The van der Waals surface area contributed by atoms with Gasteiger partial charge in [0.15, 0.2) is 10.9 Å². The average molecular weight is 852 g/mol. The van der Waals surface area contributed by atoms with Crippen molar-refractivity contribution in [1.82, 2.24) is 14.9 Å². The van der Waals surface area contributed by atoms with Gasteiger partial charge < -0.3 is 19.3 Å². The number of carbonyl (C=O) groups is 1. The number of carbonyl (C=O) groups excluding carboxylic acids is 1. The number of thioether (sulfide) groups is 1. The first-order chi connectivity index (χ1) is 23.2. The van der Waals surface area contributed by atoms with Crippen LogP contribution in [0.1, 0.15) is 110 Å². The van der Waals surface area contributed by atoms with Crippen LogP contribution in [-0.2, 0) is 11.3 Å². The average Bonchev–Trinajstić information content (AvgIpc) is 3.69. The molecule has 2 aliphatic heterocycles. The lowest BCUT2D eigenvalue weighted by molar-refractivity contribution is 0.00826. The van der Waals surface area contributed by atoms with E-state index in [1.165, 1.54) is 57.8 Å². The largest absolute Gasteiger partial charge is 0.485 e. The number of unbranched alkanes of at least 4 members (excludes halogenated alkanes) is 9. The van der Waals surface area contributed by atoms with Gasteiger partial charge in [-0.1, -0.05) is 114 Å². The van der Waals surface area contributed by atoms with E-state index in [1.54, 1.807) is 11.8 Å². The molecule has 2 aromatic carbocycles. The van der Waals surface area contributed by atoms with E-state index >= 15 is 0 Å². The number of nitrogens with zero attached hydrogens (tertiary/aromatic N) is 4. The molecule has 1 amide bonds. The minimum atomic E-state index is -0.470. The van der Waals surface area contributed by atoms with Gasteiger partial charge in [0, 0.05) is 27.8 Å². The number of hydrogen-bond acceptors (Lipinski definition) is 7. The third-order valence-corrected chi connectivity index (χ3v) is 13.0. The molecule has 0 saturated carbocycles. The highest BCUT2D eigenvalue weighted by atomic mass is 127. The minimum absolute atomic E-state index is 0.103. The first kappa shape index (κ1) is 37.5. The van der Waals surface area contributed by atoms with Gasteiger partial charge in [-0.05, 0) is 83.3 Å². The summed E-state index contributed by atoms with van der Waals surface area (Å²) in [6.45, 7) is 10.1. The van der Waals surface area contributed by atoms with E-state index in [0.717, 1.165) is 72.8 Å². The highest BCUT2D eigenvalue weighted by Gasteiger charge is 2.47. The van der Waals surface area contributed by atoms with Crippen molar-refractivity contribution < 1.29 is 14.3 Å². The van der Waals surface area contributed by atoms with Gasteiger partial charge in [-0.3, -0.25) is 0 Å². The van der Waals surface area contributed by atoms with Gasteiger partial charge in [-0.15, -0.1) is 0 Å². The number of fused-ring (bicyclic) bond motifs is 3. The summed E-state index contributed by atoms with van der Waals surface area (Å²) in [4.78, 5) is 27.8. The zero-order valence-corrected chi connectivity index (χ0v) is 33.7. The van der Waals surface area contributed by atoms with Crippen molar-refractivity contribution in [3.05, 3.63) is 50.0 Å². The van der Waals surface area contributed by atoms with E-state index < -0.39 is 5.60 Å². The minimum Gasteiger partial charge on any atom is -0.485 e. The van der Waals surface area contributed by atoms with E-state index in [1.807, 2.05) is 36.9 Å². The Bertz CT molecular complexity index is 1510. The summed E-state index contributed by atoms with van der Waals surface area (Å²) in [5.74, 6) is 2.68. The molecule has 2 aliphatic rings. The van der Waals surface area contributed by atoms with Gasteiger partial charge in [0.2, 0.25) is 0 Å². The molecule has 3 aromatic rings. The van der Waals surface area contributed by atoms with Crippen LogP contribution in [0.4, 0.5) is 10.6 Å². The molecular formula is C38H52BrIN4O3S. The molecule has 0 spiro atoms. The molecule has 0 N–H and O–H groups in total. The highest BCUT2D eigenvalue weighted by molar-refractivity contribution is 14.1. The van der Waals surface area contributed by atoms with Crippen LogP contribution in [0.25, 0.3) is 10.9 Å². The maximum absolute atomic E-state index is 13.2. The van der Waals surface area contributed by atoms with Crippen LogP contribution in [0, 0.1) is 3.57 Å². The Morgan fingerprint density at radius 3 is 2.31 bits per heavy atom.